The highest BCUT2D eigenvalue weighted by molar-refractivity contribution is 5.75. The first-order valence-electron chi connectivity index (χ1n) is 4.46. The predicted molar refractivity (Wildman–Crippen MR) is 51.6 cm³/mol. The summed E-state index contributed by atoms with van der Waals surface area (Å²) in [5.41, 5.74) is 0.185. The van der Waals surface area contributed by atoms with Gasteiger partial charge in [-0.2, -0.15) is 0 Å². The molecule has 0 saturated carbocycles. The minimum Gasteiger partial charge on any atom is -0.284 e. The number of hydrazine groups is 1. The lowest BCUT2D eigenvalue weighted by atomic mass is 10.1. The van der Waals surface area contributed by atoms with Crippen molar-refractivity contribution in [3.63, 3.8) is 0 Å². The van der Waals surface area contributed by atoms with Crippen LogP contribution in [-0.4, -0.2) is 18.0 Å². The van der Waals surface area contributed by atoms with Crippen molar-refractivity contribution in [2.75, 3.05) is 7.05 Å². The van der Waals surface area contributed by atoms with Crippen LogP contribution < -0.4 is 5.84 Å². The Kier molecular flexibility index (Phi) is 3.74. The number of benzene rings is 1. The van der Waals surface area contributed by atoms with Gasteiger partial charge in [0.25, 0.3) is 0 Å². The van der Waals surface area contributed by atoms with Crippen molar-refractivity contribution in [1.29, 1.82) is 0 Å². The lowest BCUT2D eigenvalue weighted by molar-refractivity contribution is -0.130. The van der Waals surface area contributed by atoms with E-state index in [1.165, 1.54) is 7.05 Å². The van der Waals surface area contributed by atoms with Gasteiger partial charge < -0.3 is 0 Å². The maximum Gasteiger partial charge on any atom is 0.236 e. The maximum absolute atomic E-state index is 13.1. The molecular formula is C10H12F2N2O. The average Bonchev–Trinajstić information content (AvgIpc) is 2.18. The first-order chi connectivity index (χ1) is 7.00. The molecule has 5 heteroatoms. The van der Waals surface area contributed by atoms with Crippen molar-refractivity contribution in [3.05, 3.63) is 35.4 Å². The molecule has 15 heavy (non-hydrogen) atoms. The lowest BCUT2D eigenvalue weighted by Gasteiger charge is -2.09. The molecule has 0 radical (unpaired) electrons. The Balaban J connectivity index is 2.65. The van der Waals surface area contributed by atoms with Gasteiger partial charge in [0.2, 0.25) is 5.91 Å². The maximum atomic E-state index is 13.1. The smallest absolute Gasteiger partial charge is 0.236 e. The average molecular weight is 214 g/mol. The largest absolute Gasteiger partial charge is 0.284 e. The molecule has 3 nitrogen and oxygen atoms in total. The topological polar surface area (TPSA) is 46.3 Å². The molecule has 0 atom stereocenters. The van der Waals surface area contributed by atoms with Gasteiger partial charge in [-0.25, -0.2) is 14.6 Å². The van der Waals surface area contributed by atoms with Gasteiger partial charge in [-0.1, -0.05) is 0 Å². The molecule has 2 N–H and O–H groups in total. The monoisotopic (exact) mass is 214 g/mol. The Morgan fingerprint density at radius 1 is 1.47 bits per heavy atom. The van der Waals surface area contributed by atoms with Crippen molar-refractivity contribution in [2.45, 2.75) is 12.8 Å². The van der Waals surface area contributed by atoms with Crippen LogP contribution in [0.2, 0.25) is 0 Å². The van der Waals surface area contributed by atoms with E-state index in [0.29, 0.717) is 0 Å². The van der Waals surface area contributed by atoms with Gasteiger partial charge in [-0.05, 0) is 30.2 Å². The second-order valence-electron chi connectivity index (χ2n) is 3.24. The van der Waals surface area contributed by atoms with Gasteiger partial charge in [0.1, 0.15) is 11.6 Å². The molecule has 0 fully saturated rings. The third-order valence-corrected chi connectivity index (χ3v) is 2.01. The van der Waals surface area contributed by atoms with Crippen molar-refractivity contribution in [2.24, 2.45) is 5.84 Å². The lowest BCUT2D eigenvalue weighted by Crippen LogP contribution is -2.33. The van der Waals surface area contributed by atoms with E-state index in [1.54, 1.807) is 0 Å². The molecular weight excluding hydrogens is 202 g/mol. The van der Waals surface area contributed by atoms with E-state index in [4.69, 9.17) is 5.84 Å². The van der Waals surface area contributed by atoms with Crippen LogP contribution in [0, 0.1) is 11.6 Å². The number of aryl methyl sites for hydroxylation is 1. The molecule has 0 aliphatic heterocycles. The van der Waals surface area contributed by atoms with Crippen LogP contribution >= 0.6 is 0 Å². The molecule has 0 aliphatic carbocycles. The van der Waals surface area contributed by atoms with Crippen molar-refractivity contribution >= 4 is 5.91 Å². The molecule has 0 heterocycles. The minimum absolute atomic E-state index is 0.0629. The molecule has 0 aliphatic rings. The van der Waals surface area contributed by atoms with E-state index < -0.39 is 11.6 Å². The minimum atomic E-state index is -0.514. The molecule has 82 valence electrons. The molecule has 0 unspecified atom stereocenters. The molecule has 1 aromatic carbocycles. The predicted octanol–water partition coefficient (Wildman–Crippen LogP) is 1.23. The number of hydrogen-bond acceptors (Lipinski definition) is 2. The van der Waals surface area contributed by atoms with Crippen LogP contribution in [0.5, 0.6) is 0 Å². The van der Waals surface area contributed by atoms with E-state index in [1.807, 2.05) is 0 Å². The normalized spacial score (nSPS) is 10.1. The zero-order chi connectivity index (χ0) is 11.4. The fraction of sp³-hybridized carbons (Fsp3) is 0.300. The van der Waals surface area contributed by atoms with Gasteiger partial charge in [0.05, 0.1) is 0 Å². The van der Waals surface area contributed by atoms with Gasteiger partial charge in [0.15, 0.2) is 0 Å². The summed E-state index contributed by atoms with van der Waals surface area (Å²) in [5.74, 6) is 3.84. The zero-order valence-electron chi connectivity index (χ0n) is 8.34. The van der Waals surface area contributed by atoms with Gasteiger partial charge in [0, 0.05) is 13.5 Å². The first-order valence-corrected chi connectivity index (χ1v) is 4.46. The standard InChI is InChI=1S/C10H12F2N2O/c1-14(13)10(15)5-2-7-6-8(11)3-4-9(7)12/h3-4,6H,2,5,13H2,1H3. The number of amides is 1. The van der Waals surface area contributed by atoms with E-state index >= 15 is 0 Å². The Labute approximate surface area is 86.5 Å². The molecule has 0 aromatic heterocycles. The fourth-order valence-electron chi connectivity index (χ4n) is 1.15. The summed E-state index contributed by atoms with van der Waals surface area (Å²) in [6.07, 6.45) is 0.206. The second-order valence-corrected chi connectivity index (χ2v) is 3.24. The van der Waals surface area contributed by atoms with Crippen molar-refractivity contribution in [3.8, 4) is 0 Å². The number of carbonyl (C=O) groups is 1. The molecule has 0 bridgehead atoms. The third kappa shape index (κ3) is 3.28. The zero-order valence-corrected chi connectivity index (χ0v) is 8.34. The fourth-order valence-corrected chi connectivity index (χ4v) is 1.15. The number of nitrogens with zero attached hydrogens (tertiary/aromatic N) is 1. The Bertz CT molecular complexity index is 366. The van der Waals surface area contributed by atoms with Gasteiger partial charge >= 0.3 is 0 Å². The van der Waals surface area contributed by atoms with E-state index in [-0.39, 0.29) is 24.3 Å². The van der Waals surface area contributed by atoms with Crippen LogP contribution in [-0.2, 0) is 11.2 Å². The first kappa shape index (κ1) is 11.6. The summed E-state index contributed by atoms with van der Waals surface area (Å²) in [6, 6.07) is 3.16. The quantitative estimate of drug-likeness (QED) is 0.467. The summed E-state index contributed by atoms with van der Waals surface area (Å²) in [6.45, 7) is 0. The van der Waals surface area contributed by atoms with Crippen LogP contribution in [0.25, 0.3) is 0 Å². The Morgan fingerprint density at radius 2 is 2.13 bits per heavy atom. The summed E-state index contributed by atoms with van der Waals surface area (Å²) in [4.78, 5) is 11.1. The second kappa shape index (κ2) is 4.84. The van der Waals surface area contributed by atoms with Crippen molar-refractivity contribution < 1.29 is 13.6 Å². The summed E-state index contributed by atoms with van der Waals surface area (Å²) >= 11 is 0. The van der Waals surface area contributed by atoms with Crippen LogP contribution in [0.4, 0.5) is 8.78 Å². The Hall–Kier alpha value is -1.49. The van der Waals surface area contributed by atoms with Gasteiger partial charge in [-0.3, -0.25) is 9.80 Å². The molecule has 0 spiro atoms. The number of hydrogen-bond donors (Lipinski definition) is 1. The number of rotatable bonds is 3. The summed E-state index contributed by atoms with van der Waals surface area (Å²) in [7, 11) is 1.41. The summed E-state index contributed by atoms with van der Waals surface area (Å²) < 4.78 is 25.8. The third-order valence-electron chi connectivity index (χ3n) is 2.01. The highest BCUT2D eigenvalue weighted by atomic mass is 19.1. The number of carbonyl (C=O) groups excluding carboxylic acids is 1. The van der Waals surface area contributed by atoms with Crippen molar-refractivity contribution in [1.82, 2.24) is 5.01 Å². The van der Waals surface area contributed by atoms with Gasteiger partial charge in [-0.15, -0.1) is 0 Å². The van der Waals surface area contributed by atoms with Crippen LogP contribution in [0.3, 0.4) is 0 Å². The highest BCUT2D eigenvalue weighted by Crippen LogP contribution is 2.11. The molecule has 1 rings (SSSR count). The number of nitrogens with two attached hydrogens (primary N) is 1. The molecule has 1 aromatic rings. The Morgan fingerprint density at radius 3 is 2.73 bits per heavy atom. The molecule has 0 saturated heterocycles. The van der Waals surface area contributed by atoms with E-state index in [0.717, 1.165) is 23.2 Å². The SMILES string of the molecule is CN(N)C(=O)CCc1cc(F)ccc1F. The molecule has 1 amide bonds. The number of halogens is 2. The van der Waals surface area contributed by atoms with Crippen LogP contribution in [0.1, 0.15) is 12.0 Å². The van der Waals surface area contributed by atoms with Crippen LogP contribution in [0.15, 0.2) is 18.2 Å². The van der Waals surface area contributed by atoms with E-state index in [9.17, 15) is 13.6 Å². The summed E-state index contributed by atoms with van der Waals surface area (Å²) in [5, 5.41) is 0.928. The highest BCUT2D eigenvalue weighted by Gasteiger charge is 2.08. The van der Waals surface area contributed by atoms with E-state index in [2.05, 4.69) is 0 Å².